The van der Waals surface area contributed by atoms with Crippen LogP contribution in [0.2, 0.25) is 0 Å². The molecule has 0 bridgehead atoms. The lowest BCUT2D eigenvalue weighted by molar-refractivity contribution is -0.0389. The number of Topliss-reactive ketones (excluding diaryl/α,β-unsaturated/α-hetero) is 2. The number of ketones is 2. The SMILES string of the molecule is CC(C)(C)OC(=O)N1CCN(Cc2ccccc2)C[C@@H]1[C@@H](O)C(N)Cc1cc(F)cc(F)c1.CCCN(CCC)C(=O)c1cc(C)cc(C(=O)C[C@@H](Cc2cc(F)cc(F)c2)[C@H](O)[C@@H]2CCCN(C(=O)c3cccnc3)C2)c1.CCCN(CCC)C(=O)c1cc(C)cc(C(=O)C[C@@H](Cc2cc(F)cc(F)c2)[C@H](O)[C@H]2CNCCN2C(=O)OC(C)(C)C)c1. The van der Waals surface area contributed by atoms with Gasteiger partial charge in [-0.05, 0) is 243 Å². The summed E-state index contributed by atoms with van der Waals surface area (Å²) in [5.74, 6) is -7.31. The fourth-order valence-corrected chi connectivity index (χ4v) is 16.1. The van der Waals surface area contributed by atoms with Crippen molar-refractivity contribution in [2.24, 2.45) is 23.5 Å². The Bertz CT molecular complexity index is 4560. The van der Waals surface area contributed by atoms with Gasteiger partial charge in [-0.1, -0.05) is 58.0 Å². The monoisotopic (exact) mass is 1700 g/mol. The van der Waals surface area contributed by atoms with E-state index in [4.69, 9.17) is 15.2 Å². The molecule has 9 atom stereocenters. The number of ether oxygens (including phenoxy) is 2. The van der Waals surface area contributed by atoms with E-state index < -0.39 is 107 Å². The van der Waals surface area contributed by atoms with Crippen molar-refractivity contribution in [1.29, 1.82) is 0 Å². The molecule has 7 aromatic rings. The lowest BCUT2D eigenvalue weighted by Crippen LogP contribution is -2.63. The summed E-state index contributed by atoms with van der Waals surface area (Å²) in [7, 11) is 0. The van der Waals surface area contributed by atoms with Crippen molar-refractivity contribution >= 4 is 41.5 Å². The number of piperidine rings is 1. The van der Waals surface area contributed by atoms with Crippen molar-refractivity contribution in [2.45, 2.75) is 208 Å². The average molecular weight is 1700 g/mol. The van der Waals surface area contributed by atoms with E-state index in [9.17, 15) is 75.2 Å². The minimum Gasteiger partial charge on any atom is -0.444 e. The third kappa shape index (κ3) is 29.7. The first-order chi connectivity index (χ1) is 57.8. The van der Waals surface area contributed by atoms with Gasteiger partial charge in [-0.15, -0.1) is 0 Å². The van der Waals surface area contributed by atoms with Gasteiger partial charge in [-0.25, -0.2) is 35.9 Å². The van der Waals surface area contributed by atoms with Crippen molar-refractivity contribution in [3.8, 4) is 0 Å². The Morgan fingerprint density at radius 2 is 0.951 bits per heavy atom. The van der Waals surface area contributed by atoms with Gasteiger partial charge >= 0.3 is 12.2 Å². The molecule has 3 saturated heterocycles. The second kappa shape index (κ2) is 46.0. The number of likely N-dealkylation sites (tertiary alicyclic amines) is 1. The third-order valence-electron chi connectivity index (χ3n) is 21.6. The van der Waals surface area contributed by atoms with Gasteiger partial charge in [-0.3, -0.25) is 38.8 Å². The quantitative estimate of drug-likeness (QED) is 0.0200. The maximum Gasteiger partial charge on any atom is 0.410 e. The number of halogens is 6. The van der Waals surface area contributed by atoms with E-state index in [1.807, 2.05) is 71.9 Å². The minimum absolute atomic E-state index is 0.0153. The van der Waals surface area contributed by atoms with Crippen LogP contribution in [0.3, 0.4) is 0 Å². The van der Waals surface area contributed by atoms with Gasteiger partial charge < -0.3 is 55.4 Å². The molecule has 6 N–H and O–H groups in total. The van der Waals surface area contributed by atoms with Crippen molar-refractivity contribution in [2.75, 3.05) is 78.5 Å². The lowest BCUT2D eigenvalue weighted by atomic mass is 9.79. The van der Waals surface area contributed by atoms with Crippen LogP contribution in [0, 0.1) is 66.5 Å². The number of nitrogens with two attached hydrogens (primary N) is 1. The van der Waals surface area contributed by atoms with Crippen LogP contribution in [-0.2, 0) is 35.3 Å². The number of rotatable bonds is 31. The van der Waals surface area contributed by atoms with E-state index in [0.717, 1.165) is 60.6 Å². The smallest absolute Gasteiger partial charge is 0.410 e. The molecule has 10 rings (SSSR count). The van der Waals surface area contributed by atoms with Crippen LogP contribution in [0.5, 0.6) is 0 Å². The highest BCUT2D eigenvalue weighted by Gasteiger charge is 2.42. The fraction of sp³-hybridized carbons (Fsp3) is 0.495. The predicted octanol–water partition coefficient (Wildman–Crippen LogP) is 15.1. The number of aliphatic hydroxyl groups is 3. The molecule has 0 radical (unpaired) electrons. The molecule has 3 fully saturated rings. The van der Waals surface area contributed by atoms with Gasteiger partial charge in [0.25, 0.3) is 17.7 Å². The molecule has 27 heteroatoms. The molecule has 1 unspecified atom stereocenters. The molecule has 3 aliphatic rings. The number of carbonyl (C=O) groups is 7. The Kier molecular flexibility index (Phi) is 36.8. The number of nitrogens with one attached hydrogen (secondary N) is 1. The number of carbonyl (C=O) groups excluding carboxylic acids is 7. The zero-order valence-electron chi connectivity index (χ0n) is 72.5. The van der Waals surface area contributed by atoms with Crippen molar-refractivity contribution < 1.29 is 84.7 Å². The van der Waals surface area contributed by atoms with E-state index in [2.05, 4.69) is 15.2 Å². The molecule has 3 aliphatic heterocycles. The largest absolute Gasteiger partial charge is 0.444 e. The maximum absolute atomic E-state index is 14.1. The highest BCUT2D eigenvalue weighted by molar-refractivity contribution is 6.02. The molecular weight excluding hydrogens is 1570 g/mol. The van der Waals surface area contributed by atoms with Crippen LogP contribution < -0.4 is 11.1 Å². The second-order valence-electron chi connectivity index (χ2n) is 34.4. The number of amides is 5. The summed E-state index contributed by atoms with van der Waals surface area (Å²) in [5.41, 5.74) is 10.4. The molecule has 0 saturated carbocycles. The zero-order valence-corrected chi connectivity index (χ0v) is 72.5. The number of aliphatic hydroxyl groups excluding tert-OH is 3. The molecule has 0 spiro atoms. The second-order valence-corrected chi connectivity index (χ2v) is 34.4. The third-order valence-corrected chi connectivity index (χ3v) is 21.6. The zero-order chi connectivity index (χ0) is 89.3. The molecule has 4 heterocycles. The van der Waals surface area contributed by atoms with Crippen LogP contribution in [0.25, 0.3) is 0 Å². The summed E-state index contributed by atoms with van der Waals surface area (Å²) in [4.78, 5) is 108. The minimum atomic E-state index is -1.24. The van der Waals surface area contributed by atoms with E-state index in [1.165, 1.54) is 52.4 Å². The van der Waals surface area contributed by atoms with Crippen LogP contribution in [0.15, 0.2) is 146 Å². The number of nitrogens with zero attached hydrogens (tertiary/aromatic N) is 7. The first kappa shape index (κ1) is 97.5. The Labute approximate surface area is 714 Å². The average Bonchev–Trinajstić information content (AvgIpc) is 0.824. The van der Waals surface area contributed by atoms with Gasteiger partial charge in [0.1, 0.15) is 46.1 Å². The van der Waals surface area contributed by atoms with Crippen LogP contribution in [-0.4, -0.2) is 217 Å². The topological polar surface area (TPSA) is 269 Å². The summed E-state index contributed by atoms with van der Waals surface area (Å²) in [5, 5.41) is 37.8. The highest BCUT2D eigenvalue weighted by atomic mass is 19.2. The summed E-state index contributed by atoms with van der Waals surface area (Å²) >= 11 is 0. The summed E-state index contributed by atoms with van der Waals surface area (Å²) in [6.07, 6.45) is 2.98. The van der Waals surface area contributed by atoms with Gasteiger partial charge in [0.15, 0.2) is 11.6 Å². The molecule has 662 valence electrons. The Hall–Kier alpha value is -9.90. The maximum atomic E-state index is 14.1. The van der Waals surface area contributed by atoms with Crippen molar-refractivity contribution in [1.82, 2.24) is 39.7 Å². The molecule has 6 aromatic carbocycles. The fourth-order valence-electron chi connectivity index (χ4n) is 16.1. The number of hydrogen-bond donors (Lipinski definition) is 5. The summed E-state index contributed by atoms with van der Waals surface area (Å²) in [6.45, 7) is 28.6. The number of benzene rings is 6. The number of piperazine rings is 2. The van der Waals surface area contributed by atoms with E-state index in [1.54, 1.807) is 111 Å². The molecule has 122 heavy (non-hydrogen) atoms. The molecule has 1 aromatic heterocycles. The molecule has 5 amide bonds. The molecular formula is C95H123F6N9O12. The Morgan fingerprint density at radius 1 is 0.508 bits per heavy atom. The molecule has 0 aliphatic carbocycles. The first-order valence-corrected chi connectivity index (χ1v) is 42.5. The van der Waals surface area contributed by atoms with E-state index >= 15 is 0 Å². The standard InChI is InChI=1S/C36H43F2N3O4.C34H47F2N3O5.C25H33F2N3O3/c1-4-11-40(12-5-2)36(45)30-15-24(3)14-28(19-30)33(42)20-29(16-25-17-31(37)21-32(38)18-25)34(43)27-9-7-13-41(23-27)35(44)26-8-6-10-39-22-26;1-7-10-38(11-8-2)32(42)26-14-22(3)13-24(18-26)30(40)19-25(15-23-16-27(35)20-28(36)17-23)31(41)29-21-37-9-12-39(29)33(43)44-34(4,5)6;1-25(2,3)33-24(32)30-10-9-29(15-17-7-5-4-6-8-17)16-22(30)23(31)21(28)13-18-11-19(26)14-20(27)12-18/h6,8,10,14-15,17-19,21-22,27,29,34,43H,4-5,7,9,11-13,16,20,23H2,1-3H3;13-14,16-18,20,25,29,31,37,41H,7-12,15,19,21H2,1-6H3;4-8,11-12,14,21-23,31H,9-10,13,15-16,28H2,1-3H3/t27-,29-,34-;25-,29-,31+;21?,22-,23+/m111/s1. The number of aromatic nitrogens is 1. The van der Waals surface area contributed by atoms with Crippen molar-refractivity contribution in [3.05, 3.63) is 242 Å². The Morgan fingerprint density at radius 3 is 1.39 bits per heavy atom. The van der Waals surface area contributed by atoms with Crippen LogP contribution >= 0.6 is 0 Å². The van der Waals surface area contributed by atoms with Crippen LogP contribution in [0.1, 0.15) is 206 Å². The summed E-state index contributed by atoms with van der Waals surface area (Å²) in [6, 6.07) is 30.8. The number of pyridine rings is 1. The van der Waals surface area contributed by atoms with Gasteiger partial charge in [0.05, 0.1) is 36.0 Å². The summed E-state index contributed by atoms with van der Waals surface area (Å²) < 4.78 is 94.9. The van der Waals surface area contributed by atoms with E-state index in [0.29, 0.717) is 117 Å². The van der Waals surface area contributed by atoms with Crippen molar-refractivity contribution in [3.63, 3.8) is 0 Å². The Balaban J connectivity index is 0.000000230. The lowest BCUT2D eigenvalue weighted by Gasteiger charge is -2.44. The normalized spacial score (nSPS) is 17.2. The number of aryl methyl sites for hydroxylation is 2. The van der Waals surface area contributed by atoms with Gasteiger partial charge in [0.2, 0.25) is 0 Å². The van der Waals surface area contributed by atoms with E-state index in [-0.39, 0.29) is 92.5 Å². The van der Waals surface area contributed by atoms with Gasteiger partial charge in [-0.2, -0.15) is 0 Å². The predicted molar refractivity (Wildman–Crippen MR) is 457 cm³/mol. The molecule has 21 nitrogen and oxygen atoms in total. The van der Waals surface area contributed by atoms with Gasteiger partial charge in [0, 0.05) is 163 Å². The highest BCUT2D eigenvalue weighted by Crippen LogP contribution is 2.33. The first-order valence-electron chi connectivity index (χ1n) is 42.5. The number of hydrogen-bond acceptors (Lipinski definition) is 16. The van der Waals surface area contributed by atoms with Crippen LogP contribution in [0.4, 0.5) is 35.9 Å².